The first-order valence-corrected chi connectivity index (χ1v) is 7.54. The van der Waals surface area contributed by atoms with E-state index < -0.39 is 5.60 Å². The zero-order valence-electron chi connectivity index (χ0n) is 13.5. The molecule has 0 bridgehead atoms. The van der Waals surface area contributed by atoms with Crippen molar-refractivity contribution >= 4 is 6.09 Å². The van der Waals surface area contributed by atoms with E-state index in [9.17, 15) is 4.79 Å². The van der Waals surface area contributed by atoms with Crippen LogP contribution in [-0.4, -0.2) is 35.7 Å². The van der Waals surface area contributed by atoms with Gasteiger partial charge in [-0.2, -0.15) is 0 Å². The minimum absolute atomic E-state index is 0.0723. The molecule has 4 heteroatoms. The van der Waals surface area contributed by atoms with E-state index in [1.807, 2.05) is 46.0 Å². The average molecular weight is 290 g/mol. The zero-order chi connectivity index (χ0) is 15.5. The van der Waals surface area contributed by atoms with E-state index in [1.54, 1.807) is 4.90 Å². The number of hydrogen-bond acceptors (Lipinski definition) is 3. The van der Waals surface area contributed by atoms with Crippen molar-refractivity contribution in [3.8, 4) is 0 Å². The lowest BCUT2D eigenvalue weighted by molar-refractivity contribution is 0.0194. The fourth-order valence-corrected chi connectivity index (χ4v) is 2.33. The summed E-state index contributed by atoms with van der Waals surface area (Å²) >= 11 is 0. The van der Waals surface area contributed by atoms with Crippen molar-refractivity contribution in [2.45, 2.75) is 51.3 Å². The number of benzene rings is 1. The van der Waals surface area contributed by atoms with Gasteiger partial charge in [0.05, 0.1) is 5.54 Å². The van der Waals surface area contributed by atoms with Crippen molar-refractivity contribution in [1.29, 1.82) is 0 Å². The van der Waals surface area contributed by atoms with Crippen molar-refractivity contribution in [1.82, 2.24) is 10.2 Å². The topological polar surface area (TPSA) is 41.6 Å². The molecule has 2 rings (SSSR count). The Morgan fingerprint density at radius 2 is 1.90 bits per heavy atom. The number of carbonyl (C=O) groups is 1. The standard InChI is InChI=1S/C17H26N2O2/c1-16(2,3)21-15(20)19(4)17(10-11-17)13-18-12-14-8-6-5-7-9-14/h5-9,18H,10-13H2,1-4H3. The van der Waals surface area contributed by atoms with Crippen LogP contribution >= 0.6 is 0 Å². The molecule has 0 aliphatic heterocycles. The first-order valence-electron chi connectivity index (χ1n) is 7.54. The molecule has 0 radical (unpaired) electrons. The Hall–Kier alpha value is -1.55. The molecule has 1 aliphatic rings. The molecular weight excluding hydrogens is 264 g/mol. The van der Waals surface area contributed by atoms with Crippen LogP contribution in [0.2, 0.25) is 0 Å². The predicted molar refractivity (Wildman–Crippen MR) is 84.1 cm³/mol. The van der Waals surface area contributed by atoms with Gasteiger partial charge in [0.2, 0.25) is 0 Å². The normalized spacial score (nSPS) is 16.4. The SMILES string of the molecule is CN(C(=O)OC(C)(C)C)C1(CNCc2ccccc2)CC1. The van der Waals surface area contributed by atoms with E-state index in [2.05, 4.69) is 17.4 Å². The van der Waals surface area contributed by atoms with Crippen LogP contribution in [0.4, 0.5) is 4.79 Å². The summed E-state index contributed by atoms with van der Waals surface area (Å²) < 4.78 is 5.45. The van der Waals surface area contributed by atoms with Gasteiger partial charge in [0.15, 0.2) is 0 Å². The van der Waals surface area contributed by atoms with Crippen LogP contribution < -0.4 is 5.32 Å². The molecule has 1 aromatic carbocycles. The van der Waals surface area contributed by atoms with Crippen LogP contribution in [0.5, 0.6) is 0 Å². The van der Waals surface area contributed by atoms with Crippen LogP contribution in [0, 0.1) is 0 Å². The smallest absolute Gasteiger partial charge is 0.410 e. The molecule has 1 N–H and O–H groups in total. The molecule has 1 saturated carbocycles. The number of likely N-dealkylation sites (N-methyl/N-ethyl adjacent to an activating group) is 1. The Morgan fingerprint density at radius 1 is 1.29 bits per heavy atom. The summed E-state index contributed by atoms with van der Waals surface area (Å²) in [5.74, 6) is 0. The molecular formula is C17H26N2O2. The van der Waals surface area contributed by atoms with Gasteiger partial charge in [0.1, 0.15) is 5.60 Å². The molecule has 0 spiro atoms. The Bertz CT molecular complexity index is 475. The lowest BCUT2D eigenvalue weighted by Gasteiger charge is -2.31. The second kappa shape index (κ2) is 6.06. The van der Waals surface area contributed by atoms with E-state index in [0.29, 0.717) is 0 Å². The number of nitrogens with zero attached hydrogens (tertiary/aromatic N) is 1. The van der Waals surface area contributed by atoms with Crippen molar-refractivity contribution in [2.24, 2.45) is 0 Å². The number of rotatable bonds is 5. The van der Waals surface area contributed by atoms with E-state index in [4.69, 9.17) is 4.74 Å². The molecule has 0 atom stereocenters. The number of amides is 1. The number of hydrogen-bond donors (Lipinski definition) is 1. The van der Waals surface area contributed by atoms with E-state index in [-0.39, 0.29) is 11.6 Å². The van der Waals surface area contributed by atoms with Gasteiger partial charge >= 0.3 is 6.09 Å². The lowest BCUT2D eigenvalue weighted by atomic mass is 10.2. The fraction of sp³-hybridized carbons (Fsp3) is 0.588. The molecule has 1 aromatic rings. The maximum absolute atomic E-state index is 12.2. The molecule has 4 nitrogen and oxygen atoms in total. The third kappa shape index (κ3) is 4.46. The Balaban J connectivity index is 1.83. The molecule has 116 valence electrons. The molecule has 1 amide bonds. The summed E-state index contributed by atoms with van der Waals surface area (Å²) in [4.78, 5) is 13.9. The summed E-state index contributed by atoms with van der Waals surface area (Å²) in [6.07, 6.45) is 1.83. The summed E-state index contributed by atoms with van der Waals surface area (Å²) in [6, 6.07) is 10.3. The predicted octanol–water partition coefficient (Wildman–Crippen LogP) is 3.18. The fourth-order valence-electron chi connectivity index (χ4n) is 2.33. The van der Waals surface area contributed by atoms with Crippen molar-refractivity contribution < 1.29 is 9.53 Å². The highest BCUT2D eigenvalue weighted by molar-refractivity contribution is 5.69. The monoisotopic (exact) mass is 290 g/mol. The quantitative estimate of drug-likeness (QED) is 0.905. The molecule has 0 unspecified atom stereocenters. The van der Waals surface area contributed by atoms with Gasteiger partial charge in [0.25, 0.3) is 0 Å². The van der Waals surface area contributed by atoms with Crippen LogP contribution in [0.25, 0.3) is 0 Å². The summed E-state index contributed by atoms with van der Waals surface area (Å²) in [6.45, 7) is 7.31. The average Bonchev–Trinajstić information content (AvgIpc) is 3.18. The third-order valence-corrected chi connectivity index (χ3v) is 3.83. The second-order valence-electron chi connectivity index (χ2n) is 6.85. The molecule has 0 heterocycles. The molecule has 0 saturated heterocycles. The van der Waals surface area contributed by atoms with Gasteiger partial charge in [0, 0.05) is 20.1 Å². The highest BCUT2D eigenvalue weighted by atomic mass is 16.6. The minimum Gasteiger partial charge on any atom is -0.444 e. The summed E-state index contributed by atoms with van der Waals surface area (Å²) in [7, 11) is 1.84. The highest BCUT2D eigenvalue weighted by Crippen LogP contribution is 2.41. The summed E-state index contributed by atoms with van der Waals surface area (Å²) in [5.41, 5.74) is 0.740. The maximum atomic E-state index is 12.2. The first-order chi connectivity index (χ1) is 9.82. The zero-order valence-corrected chi connectivity index (χ0v) is 13.5. The van der Waals surface area contributed by atoms with E-state index >= 15 is 0 Å². The van der Waals surface area contributed by atoms with Gasteiger partial charge < -0.3 is 15.0 Å². The van der Waals surface area contributed by atoms with Crippen LogP contribution in [0.1, 0.15) is 39.2 Å². The first kappa shape index (κ1) is 15.8. The Kier molecular flexibility index (Phi) is 4.57. The van der Waals surface area contributed by atoms with Crippen molar-refractivity contribution in [3.63, 3.8) is 0 Å². The Morgan fingerprint density at radius 3 is 2.43 bits per heavy atom. The Labute approximate surface area is 127 Å². The third-order valence-electron chi connectivity index (χ3n) is 3.83. The molecule has 1 aliphatic carbocycles. The van der Waals surface area contributed by atoms with Crippen LogP contribution in [0.15, 0.2) is 30.3 Å². The number of ether oxygens (including phenoxy) is 1. The van der Waals surface area contributed by atoms with Crippen LogP contribution in [0.3, 0.4) is 0 Å². The molecule has 1 fully saturated rings. The molecule has 0 aromatic heterocycles. The summed E-state index contributed by atoms with van der Waals surface area (Å²) in [5, 5.41) is 3.45. The molecule has 21 heavy (non-hydrogen) atoms. The van der Waals surface area contributed by atoms with Crippen molar-refractivity contribution in [2.75, 3.05) is 13.6 Å². The minimum atomic E-state index is -0.446. The van der Waals surface area contributed by atoms with Crippen LogP contribution in [-0.2, 0) is 11.3 Å². The van der Waals surface area contributed by atoms with Gasteiger partial charge in [-0.15, -0.1) is 0 Å². The van der Waals surface area contributed by atoms with Gasteiger partial charge in [-0.1, -0.05) is 30.3 Å². The van der Waals surface area contributed by atoms with Crippen molar-refractivity contribution in [3.05, 3.63) is 35.9 Å². The highest BCUT2D eigenvalue weighted by Gasteiger charge is 2.49. The number of nitrogens with one attached hydrogen (secondary N) is 1. The lowest BCUT2D eigenvalue weighted by Crippen LogP contribution is -2.47. The van der Waals surface area contributed by atoms with E-state index in [0.717, 1.165) is 25.9 Å². The van der Waals surface area contributed by atoms with Gasteiger partial charge in [-0.25, -0.2) is 4.79 Å². The number of carbonyl (C=O) groups excluding carboxylic acids is 1. The second-order valence-corrected chi connectivity index (χ2v) is 6.85. The van der Waals surface area contributed by atoms with Gasteiger partial charge in [-0.3, -0.25) is 0 Å². The largest absolute Gasteiger partial charge is 0.444 e. The maximum Gasteiger partial charge on any atom is 0.410 e. The van der Waals surface area contributed by atoms with Gasteiger partial charge in [-0.05, 0) is 39.2 Å². The van der Waals surface area contributed by atoms with E-state index in [1.165, 1.54) is 5.56 Å².